The number of nitrogens with zero attached hydrogens (tertiary/aromatic N) is 2. The first-order valence-electron chi connectivity index (χ1n) is 8.36. The Balaban J connectivity index is 0.00000400. The number of nitrogens with one attached hydrogen (secondary N) is 2. The average Bonchev–Trinajstić information content (AvgIpc) is 3.00. The Morgan fingerprint density at radius 3 is 2.33 bits per heavy atom. The second-order valence-corrected chi connectivity index (χ2v) is 5.98. The molecule has 1 fully saturated rings. The van der Waals surface area contributed by atoms with Crippen LogP contribution in [0.1, 0.15) is 52.4 Å². The second kappa shape index (κ2) is 12.5. The van der Waals surface area contributed by atoms with Crippen LogP contribution in [0.3, 0.4) is 0 Å². The summed E-state index contributed by atoms with van der Waals surface area (Å²) in [5.41, 5.74) is 0. The molecule has 126 valence electrons. The molecule has 0 amide bonds. The van der Waals surface area contributed by atoms with Gasteiger partial charge in [-0.1, -0.05) is 39.5 Å². The monoisotopic (exact) mass is 410 g/mol. The highest BCUT2D eigenvalue weighted by Crippen LogP contribution is 2.21. The summed E-state index contributed by atoms with van der Waals surface area (Å²) < 4.78 is 0. The van der Waals surface area contributed by atoms with E-state index in [1.54, 1.807) is 0 Å². The fourth-order valence-electron chi connectivity index (χ4n) is 2.92. The predicted molar refractivity (Wildman–Crippen MR) is 104 cm³/mol. The minimum atomic E-state index is 0. The van der Waals surface area contributed by atoms with Crippen molar-refractivity contribution in [2.75, 3.05) is 33.7 Å². The van der Waals surface area contributed by atoms with Gasteiger partial charge in [0.05, 0.1) is 0 Å². The second-order valence-electron chi connectivity index (χ2n) is 5.98. The lowest BCUT2D eigenvalue weighted by molar-refractivity contribution is 0.249. The van der Waals surface area contributed by atoms with E-state index >= 15 is 0 Å². The van der Waals surface area contributed by atoms with Gasteiger partial charge in [0.15, 0.2) is 5.96 Å². The Morgan fingerprint density at radius 1 is 1.19 bits per heavy atom. The van der Waals surface area contributed by atoms with Crippen LogP contribution in [0, 0.1) is 5.92 Å². The number of rotatable bonds is 8. The maximum absolute atomic E-state index is 4.30. The van der Waals surface area contributed by atoms with Crippen LogP contribution in [0.4, 0.5) is 0 Å². The summed E-state index contributed by atoms with van der Waals surface area (Å²) in [6.45, 7) is 7.59. The molecular weight excluding hydrogens is 375 g/mol. The van der Waals surface area contributed by atoms with Gasteiger partial charge in [0.2, 0.25) is 0 Å². The first-order valence-corrected chi connectivity index (χ1v) is 8.36. The molecule has 0 bridgehead atoms. The molecule has 4 nitrogen and oxygen atoms in total. The molecule has 0 spiro atoms. The van der Waals surface area contributed by atoms with Crippen molar-refractivity contribution in [1.29, 1.82) is 0 Å². The van der Waals surface area contributed by atoms with Crippen molar-refractivity contribution in [2.24, 2.45) is 10.9 Å². The number of aliphatic imine (C=N–C) groups is 1. The van der Waals surface area contributed by atoms with Crippen LogP contribution in [-0.4, -0.2) is 50.6 Å². The third-order valence-electron chi connectivity index (χ3n) is 4.64. The molecule has 5 heteroatoms. The fourth-order valence-corrected chi connectivity index (χ4v) is 2.92. The van der Waals surface area contributed by atoms with Crippen molar-refractivity contribution in [3.05, 3.63) is 0 Å². The van der Waals surface area contributed by atoms with E-state index in [4.69, 9.17) is 0 Å². The summed E-state index contributed by atoms with van der Waals surface area (Å²) in [7, 11) is 4.10. The number of hydrogen-bond acceptors (Lipinski definition) is 2. The molecule has 2 N–H and O–H groups in total. The van der Waals surface area contributed by atoms with Gasteiger partial charge in [-0.05, 0) is 25.8 Å². The van der Waals surface area contributed by atoms with E-state index < -0.39 is 0 Å². The smallest absolute Gasteiger partial charge is 0.191 e. The third-order valence-corrected chi connectivity index (χ3v) is 4.64. The van der Waals surface area contributed by atoms with E-state index in [1.165, 1.54) is 38.5 Å². The first kappa shape index (κ1) is 21.0. The molecule has 21 heavy (non-hydrogen) atoms. The summed E-state index contributed by atoms with van der Waals surface area (Å²) in [6, 6.07) is 0.802. The lowest BCUT2D eigenvalue weighted by Gasteiger charge is -2.24. The van der Waals surface area contributed by atoms with E-state index in [0.29, 0.717) is 0 Å². The van der Waals surface area contributed by atoms with Gasteiger partial charge < -0.3 is 15.5 Å². The SMILES string of the molecule is CCC(CC)CNC(=NC)NCCN(C)C1CCCC1.I. The lowest BCUT2D eigenvalue weighted by atomic mass is 10.0. The van der Waals surface area contributed by atoms with Crippen molar-refractivity contribution in [3.63, 3.8) is 0 Å². The van der Waals surface area contributed by atoms with Crippen LogP contribution in [0.15, 0.2) is 4.99 Å². The van der Waals surface area contributed by atoms with Crippen molar-refractivity contribution < 1.29 is 0 Å². The van der Waals surface area contributed by atoms with E-state index in [9.17, 15) is 0 Å². The topological polar surface area (TPSA) is 39.7 Å². The van der Waals surface area contributed by atoms with Gasteiger partial charge in [-0.15, -0.1) is 24.0 Å². The normalized spacial score (nSPS) is 16.4. The lowest BCUT2D eigenvalue weighted by Crippen LogP contribution is -2.43. The maximum atomic E-state index is 4.30. The third kappa shape index (κ3) is 8.24. The van der Waals surface area contributed by atoms with Crippen LogP contribution < -0.4 is 10.6 Å². The van der Waals surface area contributed by atoms with E-state index in [0.717, 1.165) is 37.6 Å². The summed E-state index contributed by atoms with van der Waals surface area (Å²) in [5, 5.41) is 6.86. The minimum Gasteiger partial charge on any atom is -0.356 e. The Labute approximate surface area is 148 Å². The number of halogens is 1. The average molecular weight is 410 g/mol. The zero-order valence-electron chi connectivity index (χ0n) is 14.3. The van der Waals surface area contributed by atoms with E-state index in [-0.39, 0.29) is 24.0 Å². The zero-order chi connectivity index (χ0) is 14.8. The van der Waals surface area contributed by atoms with Crippen LogP contribution >= 0.6 is 24.0 Å². The summed E-state index contributed by atoms with van der Waals surface area (Å²) >= 11 is 0. The number of hydrogen-bond donors (Lipinski definition) is 2. The Bertz CT molecular complexity index is 273. The highest BCUT2D eigenvalue weighted by molar-refractivity contribution is 14.0. The molecule has 0 aliphatic heterocycles. The standard InChI is InChI=1S/C16H34N4.HI/c1-5-14(6-2)13-19-16(17-3)18-11-12-20(4)15-9-7-8-10-15;/h14-15H,5-13H2,1-4H3,(H2,17,18,19);1H. The van der Waals surface area contributed by atoms with Gasteiger partial charge >= 0.3 is 0 Å². The van der Waals surface area contributed by atoms with Gasteiger partial charge in [-0.3, -0.25) is 4.99 Å². The molecule has 0 radical (unpaired) electrons. The highest BCUT2D eigenvalue weighted by atomic mass is 127. The molecule has 1 rings (SSSR count). The fraction of sp³-hybridized carbons (Fsp3) is 0.938. The number of guanidine groups is 1. The molecule has 0 heterocycles. The van der Waals surface area contributed by atoms with Gasteiger partial charge in [-0.2, -0.15) is 0 Å². The molecule has 1 saturated carbocycles. The Morgan fingerprint density at radius 2 is 1.81 bits per heavy atom. The van der Waals surface area contributed by atoms with Gasteiger partial charge in [0.25, 0.3) is 0 Å². The molecular formula is C16H35IN4. The van der Waals surface area contributed by atoms with Crippen molar-refractivity contribution in [3.8, 4) is 0 Å². The first-order chi connectivity index (χ1) is 9.71. The number of likely N-dealkylation sites (N-methyl/N-ethyl adjacent to an activating group) is 1. The minimum absolute atomic E-state index is 0. The van der Waals surface area contributed by atoms with Crippen molar-refractivity contribution >= 4 is 29.9 Å². The van der Waals surface area contributed by atoms with E-state index in [1.807, 2.05) is 7.05 Å². The molecule has 1 aliphatic carbocycles. The van der Waals surface area contributed by atoms with Gasteiger partial charge in [0, 0.05) is 32.7 Å². The van der Waals surface area contributed by atoms with Gasteiger partial charge in [-0.25, -0.2) is 0 Å². The molecule has 0 aromatic rings. The van der Waals surface area contributed by atoms with Crippen LogP contribution in [0.25, 0.3) is 0 Å². The summed E-state index contributed by atoms with van der Waals surface area (Å²) in [5.74, 6) is 1.69. The summed E-state index contributed by atoms with van der Waals surface area (Å²) in [4.78, 5) is 6.79. The van der Waals surface area contributed by atoms with Crippen LogP contribution in [0.5, 0.6) is 0 Å². The van der Waals surface area contributed by atoms with Crippen molar-refractivity contribution in [1.82, 2.24) is 15.5 Å². The van der Waals surface area contributed by atoms with Crippen LogP contribution in [-0.2, 0) is 0 Å². The molecule has 0 aromatic heterocycles. The molecule has 0 saturated heterocycles. The van der Waals surface area contributed by atoms with E-state index in [2.05, 4.69) is 41.4 Å². The Hall–Kier alpha value is -0.0400. The molecule has 0 aromatic carbocycles. The largest absolute Gasteiger partial charge is 0.356 e. The summed E-state index contributed by atoms with van der Waals surface area (Å²) in [6.07, 6.45) is 8.01. The molecule has 0 atom stereocenters. The molecule has 1 aliphatic rings. The Kier molecular flexibility index (Phi) is 12.5. The van der Waals surface area contributed by atoms with Crippen molar-refractivity contribution in [2.45, 2.75) is 58.4 Å². The zero-order valence-corrected chi connectivity index (χ0v) is 16.7. The van der Waals surface area contributed by atoms with Gasteiger partial charge in [0.1, 0.15) is 0 Å². The molecule has 0 unspecified atom stereocenters. The van der Waals surface area contributed by atoms with Crippen LogP contribution in [0.2, 0.25) is 0 Å². The highest BCUT2D eigenvalue weighted by Gasteiger charge is 2.18. The maximum Gasteiger partial charge on any atom is 0.191 e. The quantitative estimate of drug-likeness (QED) is 0.367. The predicted octanol–water partition coefficient (Wildman–Crippen LogP) is 3.08.